The summed E-state index contributed by atoms with van der Waals surface area (Å²) in [5.41, 5.74) is 5.45. The third kappa shape index (κ3) is 4.54. The highest BCUT2D eigenvalue weighted by Crippen LogP contribution is 2.30. The van der Waals surface area contributed by atoms with Crippen molar-refractivity contribution in [1.82, 2.24) is 5.48 Å². The van der Waals surface area contributed by atoms with Gasteiger partial charge in [-0.25, -0.2) is 5.48 Å². The Morgan fingerprint density at radius 1 is 0.852 bits per heavy atom. The molecule has 3 aromatic carbocycles. The average Bonchev–Trinajstić information content (AvgIpc) is 2.69. The van der Waals surface area contributed by atoms with Gasteiger partial charge in [-0.3, -0.25) is 10.0 Å². The van der Waals surface area contributed by atoms with Gasteiger partial charge in [0, 0.05) is 0 Å². The van der Waals surface area contributed by atoms with Crippen LogP contribution in [0.1, 0.15) is 30.9 Å². The Balaban J connectivity index is 1.95. The molecule has 0 aliphatic rings. The van der Waals surface area contributed by atoms with Gasteiger partial charge in [-0.15, -0.1) is 0 Å². The normalized spacial score (nSPS) is 11.9. The van der Waals surface area contributed by atoms with Crippen molar-refractivity contribution in [1.29, 1.82) is 0 Å². The molecule has 3 rings (SSSR count). The van der Waals surface area contributed by atoms with E-state index in [1.165, 1.54) is 0 Å². The van der Waals surface area contributed by atoms with Crippen LogP contribution >= 0.6 is 0 Å². The first kappa shape index (κ1) is 18.7. The monoisotopic (exact) mass is 361 g/mol. The van der Waals surface area contributed by atoms with Crippen LogP contribution in [-0.4, -0.2) is 17.2 Å². The third-order valence-corrected chi connectivity index (χ3v) is 4.28. The summed E-state index contributed by atoms with van der Waals surface area (Å²) < 4.78 is 5.69. The fourth-order valence-electron chi connectivity index (χ4n) is 3.10. The molecule has 0 radical (unpaired) electrons. The van der Waals surface area contributed by atoms with Crippen LogP contribution in [0.2, 0.25) is 0 Å². The van der Waals surface area contributed by atoms with Crippen LogP contribution in [0.15, 0.2) is 78.9 Å². The summed E-state index contributed by atoms with van der Waals surface area (Å²) in [6.07, 6.45) is 0.128. The Hall–Kier alpha value is -3.11. The lowest BCUT2D eigenvalue weighted by molar-refractivity contribution is -0.129. The van der Waals surface area contributed by atoms with Gasteiger partial charge in [-0.1, -0.05) is 66.7 Å². The summed E-state index contributed by atoms with van der Waals surface area (Å²) >= 11 is 0. The second kappa shape index (κ2) is 8.52. The van der Waals surface area contributed by atoms with E-state index in [0.29, 0.717) is 0 Å². The minimum absolute atomic E-state index is 0.128. The zero-order valence-electron chi connectivity index (χ0n) is 15.4. The Bertz CT molecular complexity index is 889. The molecule has 1 atom stereocenters. The van der Waals surface area contributed by atoms with Gasteiger partial charge in [-0.2, -0.15) is 0 Å². The number of carbonyl (C=O) groups is 1. The molecule has 0 fully saturated rings. The largest absolute Gasteiger partial charge is 0.491 e. The maximum atomic E-state index is 12.3. The Morgan fingerprint density at radius 3 is 2.15 bits per heavy atom. The van der Waals surface area contributed by atoms with E-state index in [0.717, 1.165) is 28.0 Å². The molecule has 0 bridgehead atoms. The van der Waals surface area contributed by atoms with Gasteiger partial charge in [0.15, 0.2) is 0 Å². The summed E-state index contributed by atoms with van der Waals surface area (Å²) in [4.78, 5) is 12.3. The molecule has 0 spiro atoms. The summed E-state index contributed by atoms with van der Waals surface area (Å²) in [7, 11) is 0. The van der Waals surface area contributed by atoms with E-state index in [4.69, 9.17) is 4.74 Å². The number of rotatable bonds is 6. The lowest BCUT2D eigenvalue weighted by Gasteiger charge is -2.17. The number of nitrogens with one attached hydrogen (secondary N) is 1. The smallest absolute Gasteiger partial charge is 0.255 e. The topological polar surface area (TPSA) is 58.6 Å². The molecule has 4 heteroatoms. The molecule has 27 heavy (non-hydrogen) atoms. The summed E-state index contributed by atoms with van der Waals surface area (Å²) in [6, 6.07) is 25.1. The van der Waals surface area contributed by atoms with E-state index in [1.54, 1.807) is 5.48 Å². The average molecular weight is 361 g/mol. The minimum Gasteiger partial charge on any atom is -0.491 e. The van der Waals surface area contributed by atoms with E-state index >= 15 is 0 Å². The maximum Gasteiger partial charge on any atom is 0.255 e. The molecular weight excluding hydrogens is 338 g/mol. The molecule has 0 aromatic heterocycles. The van der Waals surface area contributed by atoms with Crippen LogP contribution in [-0.2, 0) is 4.79 Å². The van der Waals surface area contributed by atoms with Crippen molar-refractivity contribution in [3.8, 4) is 16.9 Å². The Labute approximate surface area is 159 Å². The van der Waals surface area contributed by atoms with E-state index in [9.17, 15) is 10.0 Å². The fraction of sp³-hybridized carbons (Fsp3) is 0.174. The first-order chi connectivity index (χ1) is 13.1. The van der Waals surface area contributed by atoms with E-state index < -0.39 is 11.8 Å². The highest BCUT2D eigenvalue weighted by Gasteiger charge is 2.22. The second-order valence-corrected chi connectivity index (χ2v) is 6.64. The van der Waals surface area contributed by atoms with E-state index in [2.05, 4.69) is 0 Å². The number of amides is 1. The molecule has 1 unspecified atom stereocenters. The molecule has 1 amide bonds. The van der Waals surface area contributed by atoms with Gasteiger partial charge in [0.05, 0.1) is 12.0 Å². The van der Waals surface area contributed by atoms with Crippen molar-refractivity contribution in [2.75, 3.05) is 0 Å². The number of hydroxylamine groups is 1. The predicted molar refractivity (Wildman–Crippen MR) is 106 cm³/mol. The van der Waals surface area contributed by atoms with Gasteiger partial charge in [0.25, 0.3) is 5.91 Å². The molecule has 4 nitrogen and oxygen atoms in total. The van der Waals surface area contributed by atoms with Crippen molar-refractivity contribution in [2.24, 2.45) is 0 Å². The molecule has 2 N–H and O–H groups in total. The molecule has 0 aliphatic heterocycles. The van der Waals surface area contributed by atoms with Crippen LogP contribution in [0.25, 0.3) is 11.1 Å². The molecular formula is C23H23NO3. The number of benzene rings is 3. The van der Waals surface area contributed by atoms with Gasteiger partial charge in [0.2, 0.25) is 0 Å². The van der Waals surface area contributed by atoms with Crippen molar-refractivity contribution in [3.63, 3.8) is 0 Å². The van der Waals surface area contributed by atoms with Crippen molar-refractivity contribution in [2.45, 2.75) is 25.9 Å². The van der Waals surface area contributed by atoms with Crippen molar-refractivity contribution < 1.29 is 14.7 Å². The number of carbonyl (C=O) groups excluding carboxylic acids is 1. The standard InChI is InChI=1S/C23H23NO3/c1-16(2)27-21-13-11-17(12-14-21)19-9-6-10-20(15-19)22(23(25)24-26)18-7-4-3-5-8-18/h3-16,22,26H,1-2H3,(H,24,25). The maximum absolute atomic E-state index is 12.3. The van der Waals surface area contributed by atoms with Crippen LogP contribution in [0.4, 0.5) is 0 Å². The number of hydrogen-bond acceptors (Lipinski definition) is 3. The molecule has 0 aliphatic carbocycles. The molecule has 0 saturated heterocycles. The summed E-state index contributed by atoms with van der Waals surface area (Å²) in [6.45, 7) is 3.99. The summed E-state index contributed by atoms with van der Waals surface area (Å²) in [5, 5.41) is 9.20. The predicted octanol–water partition coefficient (Wildman–Crippen LogP) is 4.78. The molecule has 0 heterocycles. The highest BCUT2D eigenvalue weighted by molar-refractivity contribution is 5.86. The minimum atomic E-state index is -0.584. The first-order valence-corrected chi connectivity index (χ1v) is 8.94. The first-order valence-electron chi connectivity index (χ1n) is 8.94. The van der Waals surface area contributed by atoms with Crippen molar-refractivity contribution in [3.05, 3.63) is 90.0 Å². The Kier molecular flexibility index (Phi) is 5.89. The number of ether oxygens (including phenoxy) is 1. The fourth-order valence-corrected chi connectivity index (χ4v) is 3.10. The third-order valence-electron chi connectivity index (χ3n) is 4.28. The van der Waals surface area contributed by atoms with Crippen LogP contribution < -0.4 is 10.2 Å². The zero-order valence-corrected chi connectivity index (χ0v) is 15.4. The van der Waals surface area contributed by atoms with E-state index in [-0.39, 0.29) is 6.10 Å². The van der Waals surface area contributed by atoms with Gasteiger partial charge in [0.1, 0.15) is 5.75 Å². The van der Waals surface area contributed by atoms with Crippen molar-refractivity contribution >= 4 is 5.91 Å². The molecule has 0 saturated carbocycles. The highest BCUT2D eigenvalue weighted by atomic mass is 16.5. The quantitative estimate of drug-likeness (QED) is 0.491. The second-order valence-electron chi connectivity index (χ2n) is 6.64. The van der Waals surface area contributed by atoms with Crippen LogP contribution in [0.3, 0.4) is 0 Å². The molecule has 3 aromatic rings. The van der Waals surface area contributed by atoms with Crippen LogP contribution in [0.5, 0.6) is 5.75 Å². The zero-order chi connectivity index (χ0) is 19.2. The summed E-state index contributed by atoms with van der Waals surface area (Å²) in [5.74, 6) is -0.217. The van der Waals surface area contributed by atoms with Gasteiger partial charge < -0.3 is 4.74 Å². The SMILES string of the molecule is CC(C)Oc1ccc(-c2cccc(C(C(=O)NO)c3ccccc3)c2)cc1. The molecule has 138 valence electrons. The number of hydrogen-bond donors (Lipinski definition) is 2. The lowest BCUT2D eigenvalue weighted by Crippen LogP contribution is -2.27. The Morgan fingerprint density at radius 2 is 1.52 bits per heavy atom. The van der Waals surface area contributed by atoms with Gasteiger partial charge in [-0.05, 0) is 48.2 Å². The van der Waals surface area contributed by atoms with Gasteiger partial charge >= 0.3 is 0 Å². The lowest BCUT2D eigenvalue weighted by atomic mass is 9.89. The van der Waals surface area contributed by atoms with E-state index in [1.807, 2.05) is 92.7 Å². The van der Waals surface area contributed by atoms with Crippen LogP contribution in [0, 0.1) is 0 Å².